The Hall–Kier alpha value is -0.820. The highest BCUT2D eigenvalue weighted by atomic mass is 32.2. The Balaban J connectivity index is 1.68. The summed E-state index contributed by atoms with van der Waals surface area (Å²) in [6.07, 6.45) is 9.34. The van der Waals surface area contributed by atoms with Crippen molar-refractivity contribution in [1.82, 2.24) is 10.2 Å². The van der Waals surface area contributed by atoms with E-state index in [0.717, 1.165) is 19.0 Å². The van der Waals surface area contributed by atoms with E-state index >= 15 is 0 Å². The van der Waals surface area contributed by atoms with E-state index in [1.807, 2.05) is 7.05 Å². The second kappa shape index (κ2) is 8.33. The summed E-state index contributed by atoms with van der Waals surface area (Å²) in [6, 6.07) is 0. The van der Waals surface area contributed by atoms with Crippen molar-refractivity contribution in [3.63, 3.8) is 0 Å². The van der Waals surface area contributed by atoms with E-state index in [9.17, 15) is 8.42 Å². The van der Waals surface area contributed by atoms with Crippen LogP contribution in [0.2, 0.25) is 0 Å². The van der Waals surface area contributed by atoms with Gasteiger partial charge in [-0.15, -0.1) is 0 Å². The first-order valence-electron chi connectivity index (χ1n) is 8.65. The Morgan fingerprint density at radius 1 is 1.22 bits per heavy atom. The highest BCUT2D eigenvalue weighted by Gasteiger charge is 2.39. The quantitative estimate of drug-likeness (QED) is 0.446. The van der Waals surface area contributed by atoms with Crippen LogP contribution in [0.25, 0.3) is 0 Å². The molecular formula is C16H31N3O3S. The van der Waals surface area contributed by atoms with Crippen LogP contribution in [0.5, 0.6) is 0 Å². The number of ether oxygens (including phenoxy) is 1. The highest BCUT2D eigenvalue weighted by Crippen LogP contribution is 2.43. The minimum Gasteiger partial charge on any atom is -0.379 e. The minimum atomic E-state index is -2.94. The Kier molecular flexibility index (Phi) is 6.71. The van der Waals surface area contributed by atoms with E-state index in [1.54, 1.807) is 0 Å². The van der Waals surface area contributed by atoms with Gasteiger partial charge in [-0.3, -0.25) is 4.99 Å². The molecule has 1 aliphatic carbocycles. The average Bonchev–Trinajstić information content (AvgIpc) is 2.89. The van der Waals surface area contributed by atoms with E-state index in [2.05, 4.69) is 15.2 Å². The largest absolute Gasteiger partial charge is 0.379 e. The van der Waals surface area contributed by atoms with Gasteiger partial charge >= 0.3 is 0 Å². The molecule has 1 N–H and O–H groups in total. The van der Waals surface area contributed by atoms with Crippen molar-refractivity contribution < 1.29 is 13.2 Å². The number of rotatable bonds is 6. The van der Waals surface area contributed by atoms with Crippen LogP contribution in [0.15, 0.2) is 4.99 Å². The average molecular weight is 346 g/mol. The molecule has 0 bridgehead atoms. The molecule has 1 heterocycles. The zero-order chi connectivity index (χ0) is 16.8. The number of likely N-dealkylation sites (tertiary alicyclic amines) is 1. The molecule has 0 radical (unpaired) electrons. The summed E-state index contributed by atoms with van der Waals surface area (Å²) >= 11 is 0. The summed E-state index contributed by atoms with van der Waals surface area (Å²) in [5.41, 5.74) is 0.516. The highest BCUT2D eigenvalue weighted by molar-refractivity contribution is 7.90. The van der Waals surface area contributed by atoms with Crippen LogP contribution in [0, 0.1) is 5.41 Å². The van der Waals surface area contributed by atoms with Crippen LogP contribution in [0.4, 0.5) is 0 Å². The van der Waals surface area contributed by atoms with E-state index < -0.39 is 9.84 Å². The zero-order valence-corrected chi connectivity index (χ0v) is 15.3. The number of aliphatic imine (C=N–C) groups is 1. The van der Waals surface area contributed by atoms with Crippen LogP contribution in [-0.4, -0.2) is 71.2 Å². The first kappa shape index (κ1) is 18.5. The van der Waals surface area contributed by atoms with Crippen LogP contribution in [0.3, 0.4) is 0 Å². The van der Waals surface area contributed by atoms with Crippen molar-refractivity contribution in [1.29, 1.82) is 0 Å². The summed E-state index contributed by atoms with van der Waals surface area (Å²) < 4.78 is 27.4. The van der Waals surface area contributed by atoms with Crippen LogP contribution >= 0.6 is 0 Å². The molecule has 0 aromatic heterocycles. The predicted octanol–water partition coefficient (Wildman–Crippen LogP) is 1.28. The van der Waals surface area contributed by atoms with Gasteiger partial charge in [0.25, 0.3) is 0 Å². The Morgan fingerprint density at radius 2 is 1.96 bits per heavy atom. The van der Waals surface area contributed by atoms with Gasteiger partial charge in [0.2, 0.25) is 0 Å². The molecule has 7 heteroatoms. The second-order valence-electron chi connectivity index (χ2n) is 6.95. The Morgan fingerprint density at radius 3 is 2.61 bits per heavy atom. The molecule has 1 spiro atoms. The van der Waals surface area contributed by atoms with Crippen molar-refractivity contribution in [3.8, 4) is 0 Å². The minimum absolute atomic E-state index is 0.0797. The first-order valence-corrected chi connectivity index (χ1v) is 10.7. The van der Waals surface area contributed by atoms with Gasteiger partial charge in [0, 0.05) is 32.9 Å². The molecule has 2 fully saturated rings. The van der Waals surface area contributed by atoms with Crippen molar-refractivity contribution in [3.05, 3.63) is 0 Å². The molecule has 0 unspecified atom stereocenters. The normalized spacial score (nSPS) is 21.8. The lowest BCUT2D eigenvalue weighted by molar-refractivity contribution is 0.153. The standard InChI is InChI=1S/C16H31N3O3S/c1-17-15(18-9-11-22-12-13-23(2,20)21)19-10-8-16(14-19)6-4-3-5-7-16/h3-14H2,1-2H3,(H,17,18). The van der Waals surface area contributed by atoms with Gasteiger partial charge in [-0.05, 0) is 24.7 Å². The summed E-state index contributed by atoms with van der Waals surface area (Å²) in [6.45, 7) is 3.59. The number of nitrogens with one attached hydrogen (secondary N) is 1. The lowest BCUT2D eigenvalue weighted by atomic mass is 9.73. The SMILES string of the molecule is CN=C(NCCOCCS(C)(=O)=O)N1CCC2(CCCCC2)C1. The molecule has 0 amide bonds. The maximum Gasteiger partial charge on any atom is 0.193 e. The number of hydrogen-bond acceptors (Lipinski definition) is 4. The lowest BCUT2D eigenvalue weighted by Crippen LogP contribution is -2.42. The fraction of sp³-hybridized carbons (Fsp3) is 0.938. The molecule has 0 aromatic carbocycles. The fourth-order valence-electron chi connectivity index (χ4n) is 3.71. The third-order valence-electron chi connectivity index (χ3n) is 4.99. The van der Waals surface area contributed by atoms with E-state index in [0.29, 0.717) is 18.6 Å². The smallest absolute Gasteiger partial charge is 0.193 e. The maximum absolute atomic E-state index is 11.0. The first-order chi connectivity index (χ1) is 10.9. The second-order valence-corrected chi connectivity index (χ2v) is 9.21. The fourth-order valence-corrected chi connectivity index (χ4v) is 4.13. The van der Waals surface area contributed by atoms with Gasteiger partial charge < -0.3 is 15.0 Å². The molecule has 0 atom stereocenters. The zero-order valence-electron chi connectivity index (χ0n) is 14.5. The maximum atomic E-state index is 11.0. The van der Waals surface area contributed by atoms with Gasteiger partial charge in [-0.25, -0.2) is 8.42 Å². The summed E-state index contributed by atoms with van der Waals surface area (Å²) in [5.74, 6) is 1.02. The predicted molar refractivity (Wildman–Crippen MR) is 93.6 cm³/mol. The van der Waals surface area contributed by atoms with Crippen molar-refractivity contribution >= 4 is 15.8 Å². The molecular weight excluding hydrogens is 314 g/mol. The number of hydrogen-bond donors (Lipinski definition) is 1. The molecule has 6 nitrogen and oxygen atoms in total. The molecule has 1 aliphatic heterocycles. The van der Waals surface area contributed by atoms with Gasteiger partial charge in [0.15, 0.2) is 5.96 Å². The molecule has 1 saturated carbocycles. The summed E-state index contributed by atoms with van der Waals surface area (Å²) in [4.78, 5) is 6.75. The molecule has 2 aliphatic rings. The number of guanidine groups is 1. The monoisotopic (exact) mass is 345 g/mol. The van der Waals surface area contributed by atoms with Gasteiger partial charge in [-0.1, -0.05) is 19.3 Å². The topological polar surface area (TPSA) is 71.0 Å². The van der Waals surface area contributed by atoms with E-state index in [-0.39, 0.29) is 12.4 Å². The molecule has 1 saturated heterocycles. The molecule has 23 heavy (non-hydrogen) atoms. The summed E-state index contributed by atoms with van der Waals surface area (Å²) in [5, 5.41) is 3.33. The van der Waals surface area contributed by atoms with Gasteiger partial charge in [0.05, 0.1) is 19.0 Å². The van der Waals surface area contributed by atoms with Crippen molar-refractivity contribution in [2.24, 2.45) is 10.4 Å². The number of nitrogens with zero attached hydrogens (tertiary/aromatic N) is 2. The van der Waals surface area contributed by atoms with Crippen molar-refractivity contribution in [2.45, 2.75) is 38.5 Å². The van der Waals surface area contributed by atoms with Gasteiger partial charge in [0.1, 0.15) is 9.84 Å². The third-order valence-corrected chi connectivity index (χ3v) is 5.90. The third kappa shape index (κ3) is 5.95. The Labute approximate surface area is 140 Å². The van der Waals surface area contributed by atoms with Crippen molar-refractivity contribution in [2.75, 3.05) is 51.9 Å². The van der Waals surface area contributed by atoms with E-state index in [4.69, 9.17) is 4.74 Å². The molecule has 2 rings (SSSR count). The van der Waals surface area contributed by atoms with Gasteiger partial charge in [-0.2, -0.15) is 0 Å². The van der Waals surface area contributed by atoms with E-state index in [1.165, 1.54) is 44.8 Å². The summed E-state index contributed by atoms with van der Waals surface area (Å²) in [7, 11) is -1.12. The number of sulfone groups is 1. The van der Waals surface area contributed by atoms with Crippen LogP contribution in [0.1, 0.15) is 38.5 Å². The van der Waals surface area contributed by atoms with Crippen LogP contribution in [-0.2, 0) is 14.6 Å². The molecule has 134 valence electrons. The lowest BCUT2D eigenvalue weighted by Gasteiger charge is -2.33. The Bertz CT molecular complexity index is 499. The molecule has 0 aromatic rings. The van der Waals surface area contributed by atoms with Crippen LogP contribution < -0.4 is 5.32 Å².